The summed E-state index contributed by atoms with van der Waals surface area (Å²) in [5.41, 5.74) is 0.104. The van der Waals surface area contributed by atoms with E-state index in [1.165, 1.54) is 0 Å². The first-order valence-electron chi connectivity index (χ1n) is 5.54. The van der Waals surface area contributed by atoms with E-state index in [0.29, 0.717) is 6.54 Å². The van der Waals surface area contributed by atoms with Crippen LogP contribution in [0.4, 0.5) is 4.79 Å². The smallest absolute Gasteiger partial charge is 0.314 e. The minimum absolute atomic E-state index is 0.0660. The third-order valence-electron chi connectivity index (χ3n) is 2.01. The summed E-state index contributed by atoms with van der Waals surface area (Å²) < 4.78 is 0. The number of nitrogens with zero attached hydrogens (tertiary/aromatic N) is 1. The van der Waals surface area contributed by atoms with Crippen LogP contribution >= 0.6 is 0 Å². The second-order valence-electron chi connectivity index (χ2n) is 5.01. The van der Waals surface area contributed by atoms with Crippen LogP contribution in [-0.4, -0.2) is 44.7 Å². The molecule has 15 heavy (non-hydrogen) atoms. The first kappa shape index (κ1) is 14.2. The molecular formula is C11H25N3O. The minimum Gasteiger partial charge on any atom is -0.338 e. The molecule has 90 valence electrons. The van der Waals surface area contributed by atoms with Crippen LogP contribution in [-0.2, 0) is 0 Å². The van der Waals surface area contributed by atoms with Crippen molar-refractivity contribution in [2.45, 2.75) is 27.2 Å². The Morgan fingerprint density at radius 3 is 2.33 bits per heavy atom. The van der Waals surface area contributed by atoms with Gasteiger partial charge >= 0.3 is 6.03 Å². The molecule has 0 heterocycles. The van der Waals surface area contributed by atoms with Crippen molar-refractivity contribution in [3.05, 3.63) is 0 Å². The molecule has 0 rings (SSSR count). The zero-order valence-corrected chi connectivity index (χ0v) is 10.7. The van der Waals surface area contributed by atoms with Crippen molar-refractivity contribution in [1.82, 2.24) is 15.5 Å². The number of carbonyl (C=O) groups excluding carboxylic acids is 1. The Labute approximate surface area is 93.4 Å². The van der Waals surface area contributed by atoms with Crippen LogP contribution in [0.1, 0.15) is 27.2 Å². The molecule has 0 fully saturated rings. The van der Waals surface area contributed by atoms with Gasteiger partial charge in [0.15, 0.2) is 0 Å². The van der Waals surface area contributed by atoms with E-state index in [-0.39, 0.29) is 11.4 Å². The summed E-state index contributed by atoms with van der Waals surface area (Å²) in [5, 5.41) is 5.68. The average Bonchev–Trinajstić information content (AvgIpc) is 2.09. The molecule has 0 aliphatic rings. The highest BCUT2D eigenvalue weighted by atomic mass is 16.2. The quantitative estimate of drug-likeness (QED) is 0.701. The number of rotatable bonds is 6. The van der Waals surface area contributed by atoms with Crippen molar-refractivity contribution in [3.63, 3.8) is 0 Å². The fourth-order valence-corrected chi connectivity index (χ4v) is 1.53. The van der Waals surface area contributed by atoms with Gasteiger partial charge in [-0.3, -0.25) is 0 Å². The lowest BCUT2D eigenvalue weighted by molar-refractivity contribution is 0.215. The van der Waals surface area contributed by atoms with E-state index < -0.39 is 0 Å². The van der Waals surface area contributed by atoms with Gasteiger partial charge in [-0.05, 0) is 25.9 Å². The zero-order chi connectivity index (χ0) is 11.9. The van der Waals surface area contributed by atoms with Gasteiger partial charge in [0, 0.05) is 19.6 Å². The molecule has 0 spiro atoms. The van der Waals surface area contributed by atoms with Crippen molar-refractivity contribution in [3.8, 4) is 0 Å². The Kier molecular flexibility index (Phi) is 6.32. The number of hydrogen-bond donors (Lipinski definition) is 2. The summed E-state index contributed by atoms with van der Waals surface area (Å²) in [6.45, 7) is 8.72. The molecule has 0 aliphatic heterocycles. The Balaban J connectivity index is 3.77. The first-order chi connectivity index (χ1) is 6.87. The van der Waals surface area contributed by atoms with E-state index in [2.05, 4.69) is 29.4 Å². The van der Waals surface area contributed by atoms with Gasteiger partial charge in [0.25, 0.3) is 0 Å². The second kappa shape index (κ2) is 6.67. The predicted octanol–water partition coefficient (Wildman–Crippen LogP) is 1.28. The summed E-state index contributed by atoms with van der Waals surface area (Å²) in [7, 11) is 4.08. The van der Waals surface area contributed by atoms with Crippen LogP contribution < -0.4 is 10.6 Å². The van der Waals surface area contributed by atoms with Gasteiger partial charge in [-0.15, -0.1) is 0 Å². The summed E-state index contributed by atoms with van der Waals surface area (Å²) in [6, 6.07) is -0.0660. The van der Waals surface area contributed by atoms with E-state index in [1.807, 2.05) is 21.0 Å². The summed E-state index contributed by atoms with van der Waals surface area (Å²) in [6.07, 6.45) is 0.967. The van der Waals surface area contributed by atoms with E-state index in [0.717, 1.165) is 19.5 Å². The third-order valence-corrected chi connectivity index (χ3v) is 2.01. The lowest BCUT2D eigenvalue weighted by Gasteiger charge is -2.28. The Morgan fingerprint density at radius 1 is 1.27 bits per heavy atom. The van der Waals surface area contributed by atoms with E-state index in [9.17, 15) is 4.79 Å². The monoisotopic (exact) mass is 215 g/mol. The van der Waals surface area contributed by atoms with Crippen molar-refractivity contribution < 1.29 is 4.79 Å². The fraction of sp³-hybridized carbons (Fsp3) is 0.909. The van der Waals surface area contributed by atoms with Crippen LogP contribution in [0.3, 0.4) is 0 Å². The van der Waals surface area contributed by atoms with Gasteiger partial charge in [-0.25, -0.2) is 4.79 Å². The van der Waals surface area contributed by atoms with Gasteiger partial charge in [0.1, 0.15) is 0 Å². The molecule has 0 saturated heterocycles. The number of carbonyl (C=O) groups is 1. The van der Waals surface area contributed by atoms with Crippen molar-refractivity contribution in [2.24, 2.45) is 5.41 Å². The van der Waals surface area contributed by atoms with Crippen molar-refractivity contribution in [2.75, 3.05) is 33.7 Å². The average molecular weight is 215 g/mol. The minimum atomic E-state index is -0.0660. The predicted molar refractivity (Wildman–Crippen MR) is 64.0 cm³/mol. The zero-order valence-electron chi connectivity index (χ0n) is 10.7. The Morgan fingerprint density at radius 2 is 1.87 bits per heavy atom. The van der Waals surface area contributed by atoms with Gasteiger partial charge in [-0.1, -0.05) is 20.8 Å². The van der Waals surface area contributed by atoms with Gasteiger partial charge < -0.3 is 15.5 Å². The Hall–Kier alpha value is -0.770. The maximum absolute atomic E-state index is 11.3. The maximum Gasteiger partial charge on any atom is 0.314 e. The highest BCUT2D eigenvalue weighted by Crippen LogP contribution is 2.13. The second-order valence-corrected chi connectivity index (χ2v) is 5.01. The lowest BCUT2D eigenvalue weighted by Crippen LogP contribution is -2.44. The molecule has 0 bridgehead atoms. The topological polar surface area (TPSA) is 44.4 Å². The van der Waals surface area contributed by atoms with Gasteiger partial charge in [0.05, 0.1) is 0 Å². The summed E-state index contributed by atoms with van der Waals surface area (Å²) in [4.78, 5) is 13.4. The molecule has 0 radical (unpaired) electrons. The van der Waals surface area contributed by atoms with Crippen molar-refractivity contribution >= 4 is 6.03 Å². The van der Waals surface area contributed by atoms with E-state index in [4.69, 9.17) is 0 Å². The third kappa shape index (κ3) is 8.24. The standard InChI is InChI=1S/C11H25N3O/c1-6-7-12-10(15)13-8-11(2,3)9-14(4)5/h6-9H2,1-5H3,(H2,12,13,15). The molecule has 4 nitrogen and oxygen atoms in total. The molecule has 4 heteroatoms. The molecule has 2 N–H and O–H groups in total. The molecule has 0 atom stereocenters. The number of hydrogen-bond acceptors (Lipinski definition) is 2. The highest BCUT2D eigenvalue weighted by molar-refractivity contribution is 5.73. The van der Waals surface area contributed by atoms with E-state index >= 15 is 0 Å². The molecule has 0 aromatic rings. The molecule has 0 saturated carbocycles. The molecular weight excluding hydrogens is 190 g/mol. The van der Waals surface area contributed by atoms with Crippen LogP contribution in [0.15, 0.2) is 0 Å². The van der Waals surface area contributed by atoms with Crippen LogP contribution in [0.25, 0.3) is 0 Å². The molecule has 0 aliphatic carbocycles. The number of urea groups is 1. The molecule has 0 aromatic heterocycles. The Bertz CT molecular complexity index is 190. The van der Waals surface area contributed by atoms with Gasteiger partial charge in [0.2, 0.25) is 0 Å². The molecule has 0 unspecified atom stereocenters. The number of nitrogens with one attached hydrogen (secondary N) is 2. The first-order valence-corrected chi connectivity index (χ1v) is 5.54. The molecule has 0 aromatic carbocycles. The van der Waals surface area contributed by atoms with Crippen LogP contribution in [0.2, 0.25) is 0 Å². The van der Waals surface area contributed by atoms with Crippen molar-refractivity contribution in [1.29, 1.82) is 0 Å². The lowest BCUT2D eigenvalue weighted by atomic mass is 9.93. The van der Waals surface area contributed by atoms with E-state index in [1.54, 1.807) is 0 Å². The fourth-order valence-electron chi connectivity index (χ4n) is 1.53. The SMILES string of the molecule is CCCNC(=O)NCC(C)(C)CN(C)C. The van der Waals surface area contributed by atoms with Crippen LogP contribution in [0.5, 0.6) is 0 Å². The molecule has 2 amide bonds. The summed E-state index contributed by atoms with van der Waals surface area (Å²) >= 11 is 0. The highest BCUT2D eigenvalue weighted by Gasteiger charge is 2.19. The number of amides is 2. The van der Waals surface area contributed by atoms with Crippen LogP contribution in [0, 0.1) is 5.41 Å². The summed E-state index contributed by atoms with van der Waals surface area (Å²) in [5.74, 6) is 0. The maximum atomic E-state index is 11.3. The van der Waals surface area contributed by atoms with Gasteiger partial charge in [-0.2, -0.15) is 0 Å². The normalized spacial score (nSPS) is 11.6. The largest absolute Gasteiger partial charge is 0.338 e.